The fourth-order valence-electron chi connectivity index (χ4n) is 0.934. The van der Waals surface area contributed by atoms with E-state index in [1.54, 1.807) is 7.11 Å². The van der Waals surface area contributed by atoms with E-state index in [4.69, 9.17) is 4.74 Å². The molecular formula is C9H17NO4S. The van der Waals surface area contributed by atoms with Crippen molar-refractivity contribution in [3.05, 3.63) is 12.7 Å². The highest BCUT2D eigenvalue weighted by Crippen LogP contribution is 1.90. The number of sulfone groups is 1. The van der Waals surface area contributed by atoms with E-state index < -0.39 is 21.5 Å². The lowest BCUT2D eigenvalue weighted by atomic mass is 10.4. The van der Waals surface area contributed by atoms with Crippen LogP contribution in [0, 0.1) is 0 Å². The summed E-state index contributed by atoms with van der Waals surface area (Å²) in [6.07, 6.45) is 1.94. The van der Waals surface area contributed by atoms with Crippen LogP contribution in [0.1, 0.15) is 6.42 Å². The first-order chi connectivity index (χ1) is 7.02. The van der Waals surface area contributed by atoms with Crippen molar-refractivity contribution in [2.75, 3.05) is 31.8 Å². The van der Waals surface area contributed by atoms with E-state index in [1.165, 1.54) is 6.08 Å². The summed E-state index contributed by atoms with van der Waals surface area (Å²) in [5.41, 5.74) is 0. The first kappa shape index (κ1) is 14.1. The first-order valence-corrected chi connectivity index (χ1v) is 6.41. The molecule has 0 aliphatic heterocycles. The molecule has 6 heteroatoms. The standard InChI is InChI=1S/C9H17NO4S/c1-3-7-15(12,13)8-9(11)10-5-4-6-14-2/h3H,1,4-8H2,2H3,(H,10,11). The first-order valence-electron chi connectivity index (χ1n) is 4.59. The molecule has 0 aliphatic rings. The summed E-state index contributed by atoms with van der Waals surface area (Å²) >= 11 is 0. The molecule has 0 saturated carbocycles. The third kappa shape index (κ3) is 8.14. The van der Waals surface area contributed by atoms with Crippen molar-refractivity contribution >= 4 is 15.7 Å². The van der Waals surface area contributed by atoms with Gasteiger partial charge in [0, 0.05) is 20.3 Å². The quantitative estimate of drug-likeness (QED) is 0.465. The van der Waals surface area contributed by atoms with Crippen LogP contribution in [-0.2, 0) is 19.4 Å². The van der Waals surface area contributed by atoms with Gasteiger partial charge >= 0.3 is 0 Å². The lowest BCUT2D eigenvalue weighted by Crippen LogP contribution is -2.32. The molecule has 0 rings (SSSR count). The van der Waals surface area contributed by atoms with Crippen molar-refractivity contribution < 1.29 is 17.9 Å². The van der Waals surface area contributed by atoms with Crippen LogP contribution in [0.3, 0.4) is 0 Å². The summed E-state index contributed by atoms with van der Waals surface area (Å²) in [4.78, 5) is 11.1. The van der Waals surface area contributed by atoms with Gasteiger partial charge in [0.2, 0.25) is 5.91 Å². The van der Waals surface area contributed by atoms with Crippen LogP contribution in [-0.4, -0.2) is 46.1 Å². The fraction of sp³-hybridized carbons (Fsp3) is 0.667. The van der Waals surface area contributed by atoms with Gasteiger partial charge in [0.05, 0.1) is 5.75 Å². The van der Waals surface area contributed by atoms with Crippen LogP contribution in [0.2, 0.25) is 0 Å². The van der Waals surface area contributed by atoms with E-state index in [2.05, 4.69) is 11.9 Å². The van der Waals surface area contributed by atoms with Gasteiger partial charge in [-0.05, 0) is 6.42 Å². The van der Waals surface area contributed by atoms with Crippen LogP contribution in [0.4, 0.5) is 0 Å². The van der Waals surface area contributed by atoms with E-state index in [9.17, 15) is 13.2 Å². The van der Waals surface area contributed by atoms with Gasteiger partial charge in [-0.25, -0.2) is 8.42 Å². The summed E-state index contributed by atoms with van der Waals surface area (Å²) in [5, 5.41) is 2.50. The van der Waals surface area contributed by atoms with Crippen LogP contribution in [0.25, 0.3) is 0 Å². The Balaban J connectivity index is 3.78. The highest BCUT2D eigenvalue weighted by Gasteiger charge is 2.13. The Hall–Kier alpha value is -0.880. The van der Waals surface area contributed by atoms with E-state index in [1.807, 2.05) is 0 Å². The molecule has 1 amide bonds. The molecule has 0 radical (unpaired) electrons. The molecule has 15 heavy (non-hydrogen) atoms. The Morgan fingerprint density at radius 1 is 1.53 bits per heavy atom. The van der Waals surface area contributed by atoms with Crippen molar-refractivity contribution in [2.24, 2.45) is 0 Å². The van der Waals surface area contributed by atoms with Crippen molar-refractivity contribution in [2.45, 2.75) is 6.42 Å². The summed E-state index contributed by atoms with van der Waals surface area (Å²) in [6, 6.07) is 0. The molecule has 0 saturated heterocycles. The molecule has 0 bridgehead atoms. The average molecular weight is 235 g/mol. The van der Waals surface area contributed by atoms with Gasteiger partial charge in [-0.15, -0.1) is 6.58 Å². The third-order valence-electron chi connectivity index (χ3n) is 1.57. The number of rotatable bonds is 8. The van der Waals surface area contributed by atoms with Crippen molar-refractivity contribution in [1.82, 2.24) is 5.32 Å². The Kier molecular flexibility index (Phi) is 6.98. The van der Waals surface area contributed by atoms with Crippen LogP contribution in [0.5, 0.6) is 0 Å². The van der Waals surface area contributed by atoms with Gasteiger partial charge in [0.25, 0.3) is 0 Å². The fourth-order valence-corrected chi connectivity index (χ4v) is 1.91. The van der Waals surface area contributed by atoms with E-state index in [0.29, 0.717) is 19.6 Å². The minimum Gasteiger partial charge on any atom is -0.385 e. The van der Waals surface area contributed by atoms with Crippen LogP contribution >= 0.6 is 0 Å². The second-order valence-electron chi connectivity index (χ2n) is 3.04. The summed E-state index contributed by atoms with van der Waals surface area (Å²) < 4.78 is 27.1. The Morgan fingerprint density at radius 3 is 2.73 bits per heavy atom. The maximum Gasteiger partial charge on any atom is 0.235 e. The third-order valence-corrected chi connectivity index (χ3v) is 3.02. The monoisotopic (exact) mass is 235 g/mol. The highest BCUT2D eigenvalue weighted by molar-refractivity contribution is 7.92. The zero-order valence-corrected chi connectivity index (χ0v) is 9.68. The molecule has 0 aliphatic carbocycles. The molecule has 0 atom stereocenters. The number of nitrogens with one attached hydrogen (secondary N) is 1. The molecule has 0 aromatic rings. The smallest absolute Gasteiger partial charge is 0.235 e. The number of ether oxygens (including phenoxy) is 1. The van der Waals surface area contributed by atoms with E-state index in [-0.39, 0.29) is 5.75 Å². The second-order valence-corrected chi connectivity index (χ2v) is 5.15. The molecule has 88 valence electrons. The van der Waals surface area contributed by atoms with Gasteiger partial charge in [0.1, 0.15) is 5.75 Å². The highest BCUT2D eigenvalue weighted by atomic mass is 32.2. The van der Waals surface area contributed by atoms with Crippen molar-refractivity contribution in [3.63, 3.8) is 0 Å². The van der Waals surface area contributed by atoms with Gasteiger partial charge < -0.3 is 10.1 Å². The molecule has 1 N–H and O–H groups in total. The zero-order valence-electron chi connectivity index (χ0n) is 8.86. The molecule has 0 aromatic carbocycles. The number of carbonyl (C=O) groups excluding carboxylic acids is 1. The maximum atomic E-state index is 11.2. The van der Waals surface area contributed by atoms with E-state index in [0.717, 1.165) is 0 Å². The normalized spacial score (nSPS) is 11.0. The van der Waals surface area contributed by atoms with Gasteiger partial charge in [-0.2, -0.15) is 0 Å². The Morgan fingerprint density at radius 2 is 2.20 bits per heavy atom. The molecule has 0 fully saturated rings. The zero-order chi connectivity index (χ0) is 11.7. The number of carbonyl (C=O) groups is 1. The Bertz CT molecular complexity index is 297. The molecule has 0 unspecified atom stereocenters. The lowest BCUT2D eigenvalue weighted by Gasteiger charge is -2.04. The maximum absolute atomic E-state index is 11.2. The SMILES string of the molecule is C=CCS(=O)(=O)CC(=O)NCCCOC. The average Bonchev–Trinajstić information content (AvgIpc) is 2.11. The van der Waals surface area contributed by atoms with Crippen molar-refractivity contribution in [1.29, 1.82) is 0 Å². The molecule has 0 spiro atoms. The van der Waals surface area contributed by atoms with E-state index >= 15 is 0 Å². The second kappa shape index (κ2) is 7.42. The largest absolute Gasteiger partial charge is 0.385 e. The summed E-state index contributed by atoms with van der Waals surface area (Å²) in [5.74, 6) is -1.13. The molecule has 5 nitrogen and oxygen atoms in total. The Labute approximate surface area is 90.4 Å². The van der Waals surface area contributed by atoms with Gasteiger partial charge in [-0.3, -0.25) is 4.79 Å². The van der Waals surface area contributed by atoms with Crippen LogP contribution < -0.4 is 5.32 Å². The molecule has 0 heterocycles. The number of hydrogen-bond donors (Lipinski definition) is 1. The topological polar surface area (TPSA) is 72.5 Å². The molecule has 0 aromatic heterocycles. The van der Waals surface area contributed by atoms with Gasteiger partial charge in [-0.1, -0.05) is 6.08 Å². The minimum absolute atomic E-state index is 0.168. The lowest BCUT2D eigenvalue weighted by molar-refractivity contribution is -0.118. The summed E-state index contributed by atoms with van der Waals surface area (Å²) in [7, 11) is -1.77. The summed E-state index contributed by atoms with van der Waals surface area (Å²) in [6.45, 7) is 4.28. The number of hydrogen-bond acceptors (Lipinski definition) is 4. The molecular weight excluding hydrogens is 218 g/mol. The predicted octanol–water partition coefficient (Wildman–Crippen LogP) is -0.260. The van der Waals surface area contributed by atoms with Crippen LogP contribution in [0.15, 0.2) is 12.7 Å². The number of methoxy groups -OCH3 is 1. The van der Waals surface area contributed by atoms with Crippen molar-refractivity contribution in [3.8, 4) is 0 Å². The predicted molar refractivity (Wildman–Crippen MR) is 58.4 cm³/mol. The van der Waals surface area contributed by atoms with Gasteiger partial charge in [0.15, 0.2) is 9.84 Å². The minimum atomic E-state index is -3.33. The number of amides is 1.